The van der Waals surface area contributed by atoms with Gasteiger partial charge in [-0.25, -0.2) is 17.2 Å². The lowest BCUT2D eigenvalue weighted by Crippen LogP contribution is -2.27. The van der Waals surface area contributed by atoms with E-state index in [1.54, 1.807) is 6.07 Å². The maximum absolute atomic E-state index is 13.6. The molecule has 2 aromatic carbocycles. The maximum atomic E-state index is 13.6. The molecule has 0 amide bonds. The van der Waals surface area contributed by atoms with E-state index in [1.807, 2.05) is 0 Å². The average molecular weight is 312 g/mol. The lowest BCUT2D eigenvalue weighted by molar-refractivity contribution is 0.456. The van der Waals surface area contributed by atoms with Crippen LogP contribution in [-0.2, 0) is 16.6 Å². The molecule has 21 heavy (non-hydrogen) atoms. The summed E-state index contributed by atoms with van der Waals surface area (Å²) in [4.78, 5) is -0.332. The Balaban J connectivity index is 2.36. The summed E-state index contributed by atoms with van der Waals surface area (Å²) in [5, 5.41) is 0. The first kappa shape index (κ1) is 15.4. The van der Waals surface area contributed by atoms with Crippen LogP contribution in [0.1, 0.15) is 5.56 Å². The van der Waals surface area contributed by atoms with Crippen molar-refractivity contribution in [3.05, 3.63) is 59.7 Å². The van der Waals surface area contributed by atoms with E-state index in [2.05, 4.69) is 0 Å². The van der Waals surface area contributed by atoms with Crippen LogP contribution in [0.4, 0.5) is 14.5 Å². The van der Waals surface area contributed by atoms with Crippen molar-refractivity contribution in [3.8, 4) is 0 Å². The minimum atomic E-state index is -4.01. The number of halogens is 2. The van der Waals surface area contributed by atoms with E-state index in [-0.39, 0.29) is 17.0 Å². The van der Waals surface area contributed by atoms with E-state index >= 15 is 0 Å². The summed E-state index contributed by atoms with van der Waals surface area (Å²) in [5.74, 6) is -1.32. The van der Waals surface area contributed by atoms with Crippen molar-refractivity contribution in [1.29, 1.82) is 0 Å². The van der Waals surface area contributed by atoms with Crippen LogP contribution in [0.3, 0.4) is 0 Å². The minimum absolute atomic E-state index is 0.176. The van der Waals surface area contributed by atoms with Crippen LogP contribution >= 0.6 is 0 Å². The Morgan fingerprint density at radius 2 is 1.67 bits per heavy atom. The molecule has 0 bridgehead atoms. The second kappa shape index (κ2) is 5.79. The molecule has 0 spiro atoms. The minimum Gasteiger partial charge on any atom is -0.395 e. The van der Waals surface area contributed by atoms with Gasteiger partial charge in [-0.05, 0) is 18.2 Å². The molecule has 0 radical (unpaired) electrons. The first-order valence-electron chi connectivity index (χ1n) is 6.08. The van der Waals surface area contributed by atoms with Gasteiger partial charge in [0, 0.05) is 19.2 Å². The van der Waals surface area contributed by atoms with Gasteiger partial charge < -0.3 is 5.73 Å². The van der Waals surface area contributed by atoms with E-state index in [9.17, 15) is 17.2 Å². The summed E-state index contributed by atoms with van der Waals surface area (Å²) in [6.45, 7) is -0.176. The molecule has 0 aliphatic heterocycles. The SMILES string of the molecule is CN(Cc1ccccc1F)S(=O)(=O)c1cccc(F)c1N. The van der Waals surface area contributed by atoms with Gasteiger partial charge in [0.05, 0.1) is 5.69 Å². The van der Waals surface area contributed by atoms with Crippen molar-refractivity contribution in [3.63, 3.8) is 0 Å². The fraction of sp³-hybridized carbons (Fsp3) is 0.143. The molecule has 0 aliphatic rings. The lowest BCUT2D eigenvalue weighted by atomic mass is 10.2. The van der Waals surface area contributed by atoms with Gasteiger partial charge in [0.25, 0.3) is 0 Å². The number of rotatable bonds is 4. The fourth-order valence-electron chi connectivity index (χ4n) is 1.86. The van der Waals surface area contributed by atoms with Gasteiger partial charge in [0.1, 0.15) is 16.5 Å². The number of nitrogens with zero attached hydrogens (tertiary/aromatic N) is 1. The summed E-state index contributed by atoms with van der Waals surface area (Å²) >= 11 is 0. The quantitative estimate of drug-likeness (QED) is 0.882. The molecule has 4 nitrogen and oxygen atoms in total. The van der Waals surface area contributed by atoms with Gasteiger partial charge in [-0.2, -0.15) is 4.31 Å². The van der Waals surface area contributed by atoms with E-state index < -0.39 is 27.3 Å². The molecule has 7 heteroatoms. The summed E-state index contributed by atoms with van der Waals surface area (Å²) in [5.41, 5.74) is 5.25. The molecule has 0 saturated carbocycles. The largest absolute Gasteiger partial charge is 0.395 e. The monoisotopic (exact) mass is 312 g/mol. The zero-order chi connectivity index (χ0) is 15.6. The molecule has 0 atom stereocenters. The van der Waals surface area contributed by atoms with Gasteiger partial charge in [-0.15, -0.1) is 0 Å². The zero-order valence-electron chi connectivity index (χ0n) is 11.3. The van der Waals surface area contributed by atoms with Crippen LogP contribution in [0.15, 0.2) is 47.4 Å². The molecule has 0 fully saturated rings. The smallest absolute Gasteiger partial charge is 0.245 e. The Bertz CT molecular complexity index is 763. The lowest BCUT2D eigenvalue weighted by Gasteiger charge is -2.18. The van der Waals surface area contributed by atoms with Crippen molar-refractivity contribution >= 4 is 15.7 Å². The highest BCUT2D eigenvalue weighted by molar-refractivity contribution is 7.89. The number of hydrogen-bond acceptors (Lipinski definition) is 3. The van der Waals surface area contributed by atoms with E-state index in [1.165, 1.54) is 37.4 Å². The van der Waals surface area contributed by atoms with Crippen LogP contribution < -0.4 is 5.73 Å². The standard InChI is InChI=1S/C14H14F2N2O2S/c1-18(9-10-5-2-3-6-11(10)15)21(19,20)13-8-4-7-12(16)14(13)17/h2-8H,9,17H2,1H3. The van der Waals surface area contributed by atoms with Crippen molar-refractivity contribution in [2.45, 2.75) is 11.4 Å². The second-order valence-electron chi connectivity index (χ2n) is 4.50. The van der Waals surface area contributed by atoms with E-state index in [0.717, 1.165) is 10.4 Å². The number of anilines is 1. The van der Waals surface area contributed by atoms with Crippen LogP contribution in [0.5, 0.6) is 0 Å². The first-order chi connectivity index (χ1) is 9.84. The molecule has 0 aromatic heterocycles. The van der Waals surface area contributed by atoms with Crippen molar-refractivity contribution in [2.24, 2.45) is 0 Å². The molecule has 0 aliphatic carbocycles. The Kier molecular flexibility index (Phi) is 4.24. The molecule has 0 heterocycles. The Labute approximate surface area is 121 Å². The highest BCUT2D eigenvalue weighted by atomic mass is 32.2. The number of hydrogen-bond donors (Lipinski definition) is 1. The van der Waals surface area contributed by atoms with Gasteiger partial charge in [0.15, 0.2) is 0 Å². The average Bonchev–Trinajstić information content (AvgIpc) is 2.44. The predicted molar refractivity (Wildman–Crippen MR) is 75.9 cm³/mol. The number of benzene rings is 2. The number of sulfonamides is 1. The Hall–Kier alpha value is -1.99. The number of nitrogen functional groups attached to an aromatic ring is 1. The molecule has 0 unspecified atom stereocenters. The third-order valence-corrected chi connectivity index (χ3v) is 4.91. The van der Waals surface area contributed by atoms with Crippen LogP contribution in [0, 0.1) is 11.6 Å². The molecular weight excluding hydrogens is 298 g/mol. The van der Waals surface area contributed by atoms with Gasteiger partial charge in [-0.3, -0.25) is 0 Å². The summed E-state index contributed by atoms with van der Waals surface area (Å²) < 4.78 is 52.7. The molecular formula is C14H14F2N2O2S. The Morgan fingerprint density at radius 1 is 1.05 bits per heavy atom. The summed E-state index contributed by atoms with van der Waals surface area (Å²) in [6.07, 6.45) is 0. The van der Waals surface area contributed by atoms with Crippen LogP contribution in [0.25, 0.3) is 0 Å². The van der Waals surface area contributed by atoms with E-state index in [4.69, 9.17) is 5.73 Å². The Morgan fingerprint density at radius 3 is 2.33 bits per heavy atom. The van der Waals surface area contributed by atoms with Gasteiger partial charge in [-0.1, -0.05) is 24.3 Å². The number of para-hydroxylation sites is 1. The van der Waals surface area contributed by atoms with Crippen LogP contribution in [0.2, 0.25) is 0 Å². The second-order valence-corrected chi connectivity index (χ2v) is 6.52. The molecule has 0 saturated heterocycles. The number of nitrogens with two attached hydrogens (primary N) is 1. The molecule has 2 aromatic rings. The van der Waals surface area contributed by atoms with Crippen molar-refractivity contribution in [2.75, 3.05) is 12.8 Å². The summed E-state index contributed by atoms with van der Waals surface area (Å²) in [7, 11) is -2.72. The highest BCUT2D eigenvalue weighted by Crippen LogP contribution is 2.25. The normalized spacial score (nSPS) is 11.8. The van der Waals surface area contributed by atoms with Gasteiger partial charge >= 0.3 is 0 Å². The maximum Gasteiger partial charge on any atom is 0.245 e. The van der Waals surface area contributed by atoms with Crippen LogP contribution in [-0.4, -0.2) is 19.8 Å². The molecule has 2 N–H and O–H groups in total. The summed E-state index contributed by atoms with van der Waals surface area (Å²) in [6, 6.07) is 9.39. The zero-order valence-corrected chi connectivity index (χ0v) is 12.1. The third-order valence-electron chi connectivity index (χ3n) is 3.05. The van der Waals surface area contributed by atoms with Gasteiger partial charge in [0.2, 0.25) is 10.0 Å². The third kappa shape index (κ3) is 3.03. The molecule has 2 rings (SSSR count). The van der Waals surface area contributed by atoms with Crippen molar-refractivity contribution in [1.82, 2.24) is 4.31 Å². The first-order valence-corrected chi connectivity index (χ1v) is 7.52. The highest BCUT2D eigenvalue weighted by Gasteiger charge is 2.25. The van der Waals surface area contributed by atoms with Crippen molar-refractivity contribution < 1.29 is 17.2 Å². The predicted octanol–water partition coefficient (Wildman–Crippen LogP) is 2.37. The van der Waals surface area contributed by atoms with E-state index in [0.29, 0.717) is 0 Å². The topological polar surface area (TPSA) is 63.4 Å². The fourth-order valence-corrected chi connectivity index (χ4v) is 3.13. The molecule has 112 valence electrons.